The van der Waals surface area contributed by atoms with E-state index in [0.717, 1.165) is 66.5 Å². The maximum atomic E-state index is 9.91. The second-order valence-corrected chi connectivity index (χ2v) is 12.4. The van der Waals surface area contributed by atoms with E-state index in [-0.39, 0.29) is 0 Å². The monoisotopic (exact) mass is 635 g/mol. The minimum absolute atomic E-state index is 0.581. The summed E-state index contributed by atoms with van der Waals surface area (Å²) in [6.45, 7) is 0. The minimum Gasteiger partial charge on any atom is -0.309 e. The van der Waals surface area contributed by atoms with Crippen molar-refractivity contribution in [3.63, 3.8) is 0 Å². The lowest BCUT2D eigenvalue weighted by Gasteiger charge is -2.15. The molecule has 7 aromatic carbocycles. The van der Waals surface area contributed by atoms with Crippen molar-refractivity contribution in [2.24, 2.45) is 0 Å². The van der Waals surface area contributed by atoms with E-state index in [0.29, 0.717) is 16.7 Å². The minimum atomic E-state index is 0.581. The lowest BCUT2D eigenvalue weighted by atomic mass is 9.96. The molecule has 0 aliphatic rings. The van der Waals surface area contributed by atoms with Gasteiger partial charge in [0.2, 0.25) is 0 Å². The molecule has 0 radical (unpaired) electrons. The topological polar surface area (TPSA) is 81.2 Å². The van der Waals surface area contributed by atoms with Crippen molar-refractivity contribution in [1.82, 2.24) is 9.13 Å². The van der Waals surface area contributed by atoms with Gasteiger partial charge in [0.05, 0.1) is 62.7 Å². The zero-order chi connectivity index (χ0) is 33.8. The highest BCUT2D eigenvalue weighted by Gasteiger charge is 2.17. The third-order valence-electron chi connectivity index (χ3n) is 9.60. The Bertz CT molecular complexity index is 2830. The van der Waals surface area contributed by atoms with Crippen LogP contribution < -0.4 is 0 Å². The van der Waals surface area contributed by atoms with Crippen molar-refractivity contribution >= 4 is 43.6 Å². The Morgan fingerprint density at radius 3 is 1.48 bits per heavy atom. The van der Waals surface area contributed by atoms with Crippen molar-refractivity contribution in [2.75, 3.05) is 0 Å². The summed E-state index contributed by atoms with van der Waals surface area (Å²) in [4.78, 5) is 0. The van der Waals surface area contributed by atoms with Crippen LogP contribution in [0.5, 0.6) is 0 Å². The van der Waals surface area contributed by atoms with E-state index in [1.165, 1.54) is 10.8 Å². The predicted octanol–water partition coefficient (Wildman–Crippen LogP) is 10.8. The fourth-order valence-electron chi connectivity index (χ4n) is 7.32. The number of benzene rings is 7. The van der Waals surface area contributed by atoms with Gasteiger partial charge in [0.15, 0.2) is 0 Å². The van der Waals surface area contributed by atoms with E-state index in [2.05, 4.69) is 130 Å². The van der Waals surface area contributed by atoms with Crippen molar-refractivity contribution in [1.29, 1.82) is 15.8 Å². The van der Waals surface area contributed by atoms with E-state index in [1.54, 1.807) is 0 Å². The molecule has 0 saturated heterocycles. The number of hydrogen-bond donors (Lipinski definition) is 0. The lowest BCUT2D eigenvalue weighted by molar-refractivity contribution is 1.18. The van der Waals surface area contributed by atoms with Crippen molar-refractivity contribution in [3.05, 3.63) is 168 Å². The van der Waals surface area contributed by atoms with E-state index in [4.69, 9.17) is 0 Å². The fourth-order valence-corrected chi connectivity index (χ4v) is 7.32. The van der Waals surface area contributed by atoms with Gasteiger partial charge in [-0.1, -0.05) is 72.8 Å². The summed E-state index contributed by atoms with van der Waals surface area (Å²) in [5, 5.41) is 33.3. The quantitative estimate of drug-likeness (QED) is 0.193. The van der Waals surface area contributed by atoms with Crippen LogP contribution in [0.15, 0.2) is 152 Å². The number of nitriles is 3. The number of nitrogens with zero attached hydrogens (tertiary/aromatic N) is 5. The number of fused-ring (bicyclic) bond motifs is 6. The zero-order valence-corrected chi connectivity index (χ0v) is 26.7. The van der Waals surface area contributed by atoms with Crippen LogP contribution in [-0.4, -0.2) is 9.13 Å². The molecule has 9 aromatic rings. The first-order valence-corrected chi connectivity index (χ1v) is 16.3. The third kappa shape index (κ3) is 4.45. The van der Waals surface area contributed by atoms with Gasteiger partial charge < -0.3 is 9.13 Å². The summed E-state index contributed by atoms with van der Waals surface area (Å²) in [5.74, 6) is 0. The highest BCUT2D eigenvalue weighted by molar-refractivity contribution is 6.11. The summed E-state index contributed by atoms with van der Waals surface area (Å²) in [6.07, 6.45) is 0. The summed E-state index contributed by atoms with van der Waals surface area (Å²) in [6, 6.07) is 58.0. The average molecular weight is 636 g/mol. The highest BCUT2D eigenvalue weighted by Crippen LogP contribution is 2.38. The standard InChI is InChI=1S/C45H25N5/c46-26-29-13-20-43-39(22-29)40-23-30(27-47)14-21-44(40)49(43)35-17-15-32(16-18-35)33-6-5-7-34(25-33)36-19-12-31(28-48)24-45(36)50-41-10-3-1-8-37(41)38-9-2-4-11-42(38)50/h1-25H. The molecule has 5 nitrogen and oxygen atoms in total. The molecule has 50 heavy (non-hydrogen) atoms. The largest absolute Gasteiger partial charge is 0.309 e. The number of hydrogen-bond acceptors (Lipinski definition) is 3. The molecule has 0 atom stereocenters. The molecule has 0 aliphatic heterocycles. The van der Waals surface area contributed by atoms with Crippen LogP contribution in [0.1, 0.15) is 16.7 Å². The van der Waals surface area contributed by atoms with Crippen molar-refractivity contribution in [2.45, 2.75) is 0 Å². The average Bonchev–Trinajstić information content (AvgIpc) is 3.69. The van der Waals surface area contributed by atoms with Crippen LogP contribution in [0.2, 0.25) is 0 Å². The second kappa shape index (κ2) is 11.4. The number of aromatic nitrogens is 2. The van der Waals surface area contributed by atoms with Gasteiger partial charge in [-0.25, -0.2) is 0 Å². The van der Waals surface area contributed by atoms with Gasteiger partial charge >= 0.3 is 0 Å². The number of rotatable bonds is 4. The smallest absolute Gasteiger partial charge is 0.0992 e. The predicted molar refractivity (Wildman–Crippen MR) is 200 cm³/mol. The van der Waals surface area contributed by atoms with Gasteiger partial charge in [0.25, 0.3) is 0 Å². The molecule has 2 heterocycles. The van der Waals surface area contributed by atoms with Crippen LogP contribution in [-0.2, 0) is 0 Å². The lowest BCUT2D eigenvalue weighted by Crippen LogP contribution is -1.98. The van der Waals surface area contributed by atoms with Crippen molar-refractivity contribution in [3.8, 4) is 51.8 Å². The Hall–Kier alpha value is -7.39. The molecule has 5 heteroatoms. The zero-order valence-electron chi connectivity index (χ0n) is 26.7. The number of para-hydroxylation sites is 2. The van der Waals surface area contributed by atoms with Crippen LogP contribution in [0.3, 0.4) is 0 Å². The molecule has 0 unspecified atom stereocenters. The van der Waals surface area contributed by atoms with Crippen LogP contribution in [0.4, 0.5) is 0 Å². The van der Waals surface area contributed by atoms with Crippen LogP contribution >= 0.6 is 0 Å². The molecular formula is C45H25N5. The molecule has 0 bridgehead atoms. The molecule has 0 aliphatic carbocycles. The summed E-state index contributed by atoms with van der Waals surface area (Å²) >= 11 is 0. The Labute approximate surface area is 287 Å². The summed E-state index contributed by atoms with van der Waals surface area (Å²) < 4.78 is 4.45. The molecule has 0 fully saturated rings. The normalized spacial score (nSPS) is 11.1. The Kier molecular flexibility index (Phi) is 6.56. The van der Waals surface area contributed by atoms with Crippen molar-refractivity contribution < 1.29 is 0 Å². The van der Waals surface area contributed by atoms with Crippen LogP contribution in [0, 0.1) is 34.0 Å². The molecule has 0 saturated carbocycles. The van der Waals surface area contributed by atoms with E-state index in [1.807, 2.05) is 48.5 Å². The van der Waals surface area contributed by atoms with E-state index >= 15 is 0 Å². The molecule has 0 N–H and O–H groups in total. The Morgan fingerprint density at radius 2 is 0.880 bits per heavy atom. The van der Waals surface area contributed by atoms with E-state index < -0.39 is 0 Å². The first-order valence-electron chi connectivity index (χ1n) is 16.3. The third-order valence-corrected chi connectivity index (χ3v) is 9.60. The van der Waals surface area contributed by atoms with E-state index in [9.17, 15) is 15.8 Å². The van der Waals surface area contributed by atoms with Gasteiger partial charge in [0.1, 0.15) is 0 Å². The first-order chi connectivity index (χ1) is 24.6. The Balaban J connectivity index is 1.16. The molecule has 0 spiro atoms. The van der Waals surface area contributed by atoms with Crippen LogP contribution in [0.25, 0.3) is 77.2 Å². The SMILES string of the molecule is N#Cc1ccc(-c2cccc(-c3ccc(-n4c5ccc(C#N)cc5c5cc(C#N)ccc54)cc3)c2)c(-n2c3ccccc3c3ccccc32)c1. The molecule has 0 amide bonds. The van der Waals surface area contributed by atoms with Gasteiger partial charge in [-0.15, -0.1) is 0 Å². The maximum absolute atomic E-state index is 9.91. The van der Waals surface area contributed by atoms with Gasteiger partial charge in [-0.3, -0.25) is 0 Å². The Morgan fingerprint density at radius 1 is 0.360 bits per heavy atom. The highest BCUT2D eigenvalue weighted by atomic mass is 15.0. The fraction of sp³-hybridized carbons (Fsp3) is 0. The molecule has 230 valence electrons. The summed E-state index contributed by atoms with van der Waals surface area (Å²) in [7, 11) is 0. The van der Waals surface area contributed by atoms with Gasteiger partial charge in [0, 0.05) is 32.8 Å². The van der Waals surface area contributed by atoms with Gasteiger partial charge in [-0.2, -0.15) is 15.8 Å². The molecule has 9 rings (SSSR count). The molecule has 2 aromatic heterocycles. The summed E-state index contributed by atoms with van der Waals surface area (Å²) in [5.41, 5.74) is 12.1. The first kappa shape index (κ1) is 28.8. The second-order valence-electron chi connectivity index (χ2n) is 12.4. The maximum Gasteiger partial charge on any atom is 0.0992 e. The molecular weight excluding hydrogens is 611 g/mol. The van der Waals surface area contributed by atoms with Gasteiger partial charge in [-0.05, 0) is 95.6 Å².